The Hall–Kier alpha value is -1.55. The molecular formula is C17H25N3O. The van der Waals surface area contributed by atoms with Gasteiger partial charge in [-0.3, -0.25) is 0 Å². The molecule has 3 rings (SSSR count). The molecule has 0 bridgehead atoms. The number of hydrogen-bond acceptors (Lipinski definition) is 3. The number of hydrogen-bond donors (Lipinski definition) is 2. The van der Waals surface area contributed by atoms with Gasteiger partial charge >= 0.3 is 0 Å². The Bertz CT molecular complexity index is 654. The van der Waals surface area contributed by atoms with Crippen molar-refractivity contribution in [3.63, 3.8) is 0 Å². The molecule has 21 heavy (non-hydrogen) atoms. The lowest BCUT2D eigenvalue weighted by Gasteiger charge is -2.23. The van der Waals surface area contributed by atoms with E-state index < -0.39 is 0 Å². The van der Waals surface area contributed by atoms with E-state index in [2.05, 4.69) is 25.3 Å². The lowest BCUT2D eigenvalue weighted by molar-refractivity contribution is 0.122. The Balaban J connectivity index is 2.09. The first kappa shape index (κ1) is 14.4. The van der Waals surface area contributed by atoms with Gasteiger partial charge in [0.15, 0.2) is 0 Å². The van der Waals surface area contributed by atoms with Gasteiger partial charge in [0.05, 0.1) is 17.1 Å². The minimum atomic E-state index is -0.177. The number of benzene rings is 1. The van der Waals surface area contributed by atoms with E-state index in [-0.39, 0.29) is 11.5 Å². The van der Waals surface area contributed by atoms with Crippen LogP contribution in [-0.4, -0.2) is 20.8 Å². The van der Waals surface area contributed by atoms with Crippen LogP contribution in [0.4, 0.5) is 5.69 Å². The van der Waals surface area contributed by atoms with Gasteiger partial charge in [0.25, 0.3) is 0 Å². The standard InChI is InChI=1S/C17H25N3O/c1-17(2,3)16-19-13-9-12(18)7-8-14(13)20(16)10-11-5-4-6-15(11)21/h7-9,11,15,21H,4-6,10,18H2,1-3H3. The molecular weight excluding hydrogens is 262 g/mol. The van der Waals surface area contributed by atoms with E-state index in [0.29, 0.717) is 5.92 Å². The van der Waals surface area contributed by atoms with E-state index in [4.69, 9.17) is 10.7 Å². The number of nitrogens with zero attached hydrogens (tertiary/aromatic N) is 2. The first-order valence-corrected chi connectivity index (χ1v) is 7.80. The van der Waals surface area contributed by atoms with Crippen LogP contribution in [-0.2, 0) is 12.0 Å². The fourth-order valence-corrected chi connectivity index (χ4v) is 3.37. The van der Waals surface area contributed by atoms with Gasteiger partial charge in [-0.25, -0.2) is 4.98 Å². The molecule has 1 aromatic carbocycles. The second-order valence-corrected chi connectivity index (χ2v) is 7.30. The van der Waals surface area contributed by atoms with E-state index in [9.17, 15) is 5.11 Å². The van der Waals surface area contributed by atoms with Gasteiger partial charge in [0.1, 0.15) is 5.82 Å². The lowest BCUT2D eigenvalue weighted by atomic mass is 9.95. The summed E-state index contributed by atoms with van der Waals surface area (Å²) in [6.07, 6.45) is 2.97. The van der Waals surface area contributed by atoms with Gasteiger partial charge in [-0.05, 0) is 31.0 Å². The highest BCUT2D eigenvalue weighted by Crippen LogP contribution is 2.32. The SMILES string of the molecule is CC(C)(C)c1nc2cc(N)ccc2n1CC1CCCC1O. The van der Waals surface area contributed by atoms with Crippen LogP contribution in [0.3, 0.4) is 0 Å². The van der Waals surface area contributed by atoms with Crippen LogP contribution in [0.2, 0.25) is 0 Å². The smallest absolute Gasteiger partial charge is 0.115 e. The molecule has 2 atom stereocenters. The van der Waals surface area contributed by atoms with Crippen LogP contribution in [0.1, 0.15) is 45.9 Å². The van der Waals surface area contributed by atoms with Crippen LogP contribution < -0.4 is 5.73 Å². The monoisotopic (exact) mass is 287 g/mol. The molecule has 0 aliphatic heterocycles. The molecule has 1 aromatic heterocycles. The molecule has 2 unspecified atom stereocenters. The number of aromatic nitrogens is 2. The van der Waals surface area contributed by atoms with Gasteiger partial charge in [-0.2, -0.15) is 0 Å². The first-order valence-electron chi connectivity index (χ1n) is 7.80. The molecule has 3 N–H and O–H groups in total. The van der Waals surface area contributed by atoms with Gasteiger partial charge < -0.3 is 15.4 Å². The van der Waals surface area contributed by atoms with Crippen LogP contribution in [0.15, 0.2) is 18.2 Å². The van der Waals surface area contributed by atoms with Crippen molar-refractivity contribution >= 4 is 16.7 Å². The van der Waals surface area contributed by atoms with E-state index >= 15 is 0 Å². The molecule has 1 aliphatic carbocycles. The number of anilines is 1. The summed E-state index contributed by atoms with van der Waals surface area (Å²) in [5.74, 6) is 1.41. The fraction of sp³-hybridized carbons (Fsp3) is 0.588. The maximum absolute atomic E-state index is 10.1. The molecule has 0 saturated heterocycles. The number of nitrogen functional groups attached to an aromatic ring is 1. The van der Waals surface area contributed by atoms with Crippen molar-refractivity contribution in [2.45, 2.75) is 58.1 Å². The molecule has 1 aliphatic rings. The van der Waals surface area contributed by atoms with Gasteiger partial charge in [0.2, 0.25) is 0 Å². The highest BCUT2D eigenvalue weighted by Gasteiger charge is 2.29. The molecule has 0 amide bonds. The maximum atomic E-state index is 10.1. The van der Waals surface area contributed by atoms with Gasteiger partial charge in [0, 0.05) is 23.6 Å². The molecule has 114 valence electrons. The number of rotatable bonds is 2. The predicted molar refractivity (Wildman–Crippen MR) is 86.2 cm³/mol. The number of aliphatic hydroxyl groups excluding tert-OH is 1. The molecule has 1 heterocycles. The minimum Gasteiger partial charge on any atom is -0.399 e. The van der Waals surface area contributed by atoms with Crippen LogP contribution in [0, 0.1) is 5.92 Å². The van der Waals surface area contributed by atoms with E-state index in [0.717, 1.165) is 48.4 Å². The summed E-state index contributed by atoms with van der Waals surface area (Å²) in [4.78, 5) is 4.81. The lowest BCUT2D eigenvalue weighted by Crippen LogP contribution is -2.25. The largest absolute Gasteiger partial charge is 0.399 e. The maximum Gasteiger partial charge on any atom is 0.115 e. The Morgan fingerprint density at radius 2 is 2.10 bits per heavy atom. The fourth-order valence-electron chi connectivity index (χ4n) is 3.37. The summed E-state index contributed by atoms with van der Waals surface area (Å²) in [5.41, 5.74) is 8.67. The third-order valence-electron chi connectivity index (χ3n) is 4.48. The van der Waals surface area contributed by atoms with E-state index in [1.54, 1.807) is 0 Å². The van der Waals surface area contributed by atoms with Gasteiger partial charge in [-0.1, -0.05) is 27.2 Å². The number of aliphatic hydroxyl groups is 1. The molecule has 0 spiro atoms. The Labute approximate surface area is 126 Å². The molecule has 0 radical (unpaired) electrons. The first-order chi connectivity index (χ1) is 9.86. The summed E-state index contributed by atoms with van der Waals surface area (Å²) in [6.45, 7) is 7.38. The van der Waals surface area contributed by atoms with Crippen molar-refractivity contribution in [3.8, 4) is 0 Å². The zero-order valence-corrected chi connectivity index (χ0v) is 13.1. The highest BCUT2D eigenvalue weighted by atomic mass is 16.3. The quantitative estimate of drug-likeness (QED) is 0.834. The van der Waals surface area contributed by atoms with Crippen molar-refractivity contribution in [2.24, 2.45) is 5.92 Å². The van der Waals surface area contributed by atoms with Crippen LogP contribution in [0.25, 0.3) is 11.0 Å². The summed E-state index contributed by atoms with van der Waals surface area (Å²) in [5, 5.41) is 10.1. The predicted octanol–water partition coefficient (Wildman–Crippen LogP) is 3.08. The minimum absolute atomic E-state index is 0.0304. The number of fused-ring (bicyclic) bond motifs is 1. The average Bonchev–Trinajstić information content (AvgIpc) is 2.94. The highest BCUT2D eigenvalue weighted by molar-refractivity contribution is 5.80. The third-order valence-corrected chi connectivity index (χ3v) is 4.48. The molecule has 1 saturated carbocycles. The van der Waals surface area contributed by atoms with Gasteiger partial charge in [-0.15, -0.1) is 0 Å². The molecule has 1 fully saturated rings. The Morgan fingerprint density at radius 3 is 2.71 bits per heavy atom. The summed E-state index contributed by atoms with van der Waals surface area (Å²) < 4.78 is 2.29. The zero-order chi connectivity index (χ0) is 15.2. The zero-order valence-electron chi connectivity index (χ0n) is 13.1. The van der Waals surface area contributed by atoms with Crippen molar-refractivity contribution < 1.29 is 5.11 Å². The second-order valence-electron chi connectivity index (χ2n) is 7.30. The Morgan fingerprint density at radius 1 is 1.33 bits per heavy atom. The molecule has 4 nitrogen and oxygen atoms in total. The van der Waals surface area contributed by atoms with Crippen molar-refractivity contribution in [1.82, 2.24) is 9.55 Å². The molecule has 2 aromatic rings. The normalized spacial score (nSPS) is 23.0. The number of nitrogens with two attached hydrogens (primary N) is 1. The second kappa shape index (κ2) is 5.02. The van der Waals surface area contributed by atoms with Crippen molar-refractivity contribution in [1.29, 1.82) is 0 Å². The summed E-state index contributed by atoms with van der Waals surface area (Å²) in [7, 11) is 0. The van der Waals surface area contributed by atoms with Crippen LogP contribution >= 0.6 is 0 Å². The topological polar surface area (TPSA) is 64.1 Å². The van der Waals surface area contributed by atoms with Crippen molar-refractivity contribution in [2.75, 3.05) is 5.73 Å². The summed E-state index contributed by atoms with van der Waals surface area (Å²) >= 11 is 0. The molecule has 4 heteroatoms. The van der Waals surface area contributed by atoms with Crippen LogP contribution in [0.5, 0.6) is 0 Å². The van der Waals surface area contributed by atoms with E-state index in [1.807, 2.05) is 18.2 Å². The number of imidazole rings is 1. The van der Waals surface area contributed by atoms with E-state index in [1.165, 1.54) is 0 Å². The summed E-state index contributed by atoms with van der Waals surface area (Å²) in [6, 6.07) is 5.92. The average molecular weight is 287 g/mol. The van der Waals surface area contributed by atoms with Crippen molar-refractivity contribution in [3.05, 3.63) is 24.0 Å². The Kier molecular flexibility index (Phi) is 3.44. The third kappa shape index (κ3) is 2.64.